The molecule has 0 unspecified atom stereocenters. The van der Waals surface area contributed by atoms with E-state index < -0.39 is 0 Å². The molecule has 0 heterocycles. The van der Waals surface area contributed by atoms with Gasteiger partial charge in [0.25, 0.3) is 0 Å². The summed E-state index contributed by atoms with van der Waals surface area (Å²) in [6.45, 7) is 4.19. The standard InChI is InChI=1S/C14H19BrClNO/c1-3-5-6-10(4-2)14(18)17-11-7-8-12(15)13(16)9-11/h7-10H,3-6H2,1-2H3,(H,17,18)/t10-/m1/s1. The van der Waals surface area contributed by atoms with E-state index in [2.05, 4.69) is 35.1 Å². The molecule has 0 spiro atoms. The number of halogens is 2. The third-order valence-electron chi connectivity index (χ3n) is 2.96. The van der Waals surface area contributed by atoms with Crippen LogP contribution >= 0.6 is 27.5 Å². The van der Waals surface area contributed by atoms with Crippen molar-refractivity contribution in [2.24, 2.45) is 5.92 Å². The van der Waals surface area contributed by atoms with Crippen LogP contribution in [0.25, 0.3) is 0 Å². The number of hydrogen-bond acceptors (Lipinski definition) is 1. The van der Waals surface area contributed by atoms with Crippen LogP contribution in [0.15, 0.2) is 22.7 Å². The van der Waals surface area contributed by atoms with Gasteiger partial charge >= 0.3 is 0 Å². The minimum Gasteiger partial charge on any atom is -0.326 e. The fourth-order valence-corrected chi connectivity index (χ4v) is 2.22. The Labute approximate surface area is 122 Å². The molecule has 0 aliphatic heterocycles. The van der Waals surface area contributed by atoms with Gasteiger partial charge in [-0.15, -0.1) is 0 Å². The van der Waals surface area contributed by atoms with Crippen LogP contribution in [0.4, 0.5) is 5.69 Å². The largest absolute Gasteiger partial charge is 0.326 e. The van der Waals surface area contributed by atoms with Crippen LogP contribution in [-0.4, -0.2) is 5.91 Å². The lowest BCUT2D eigenvalue weighted by molar-refractivity contribution is -0.120. The first-order valence-corrected chi connectivity index (χ1v) is 7.51. The molecule has 2 nitrogen and oxygen atoms in total. The number of amides is 1. The van der Waals surface area contributed by atoms with Gasteiger partial charge in [-0.05, 0) is 47.0 Å². The zero-order chi connectivity index (χ0) is 13.5. The molecule has 4 heteroatoms. The van der Waals surface area contributed by atoms with Crippen molar-refractivity contribution >= 4 is 39.1 Å². The summed E-state index contributed by atoms with van der Waals surface area (Å²) in [6, 6.07) is 5.45. The van der Waals surface area contributed by atoms with Crippen molar-refractivity contribution in [1.29, 1.82) is 0 Å². The number of benzene rings is 1. The number of hydrogen-bond donors (Lipinski definition) is 1. The molecule has 1 aromatic carbocycles. The highest BCUT2D eigenvalue weighted by Crippen LogP contribution is 2.26. The molecule has 0 aromatic heterocycles. The number of unbranched alkanes of at least 4 members (excludes halogenated alkanes) is 1. The molecule has 0 saturated carbocycles. The highest BCUT2D eigenvalue weighted by atomic mass is 79.9. The predicted molar refractivity (Wildman–Crippen MR) is 81.1 cm³/mol. The van der Waals surface area contributed by atoms with Gasteiger partial charge in [0, 0.05) is 16.1 Å². The molecule has 1 amide bonds. The molecular weight excluding hydrogens is 314 g/mol. The Morgan fingerprint density at radius 2 is 2.17 bits per heavy atom. The molecule has 1 atom stereocenters. The minimum absolute atomic E-state index is 0.0874. The van der Waals surface area contributed by atoms with Gasteiger partial charge in [-0.1, -0.05) is 38.3 Å². The lowest BCUT2D eigenvalue weighted by atomic mass is 9.98. The minimum atomic E-state index is 0.0874. The summed E-state index contributed by atoms with van der Waals surface area (Å²) in [6.07, 6.45) is 4.03. The second-order valence-electron chi connectivity index (χ2n) is 4.37. The quantitative estimate of drug-likeness (QED) is 0.756. The SMILES string of the molecule is CCCC[C@@H](CC)C(=O)Nc1ccc(Br)c(Cl)c1. The van der Waals surface area contributed by atoms with Crippen molar-refractivity contribution in [3.8, 4) is 0 Å². The summed E-state index contributed by atoms with van der Waals surface area (Å²) in [5.41, 5.74) is 0.753. The van der Waals surface area contributed by atoms with Crippen molar-refractivity contribution in [3.63, 3.8) is 0 Å². The normalized spacial score (nSPS) is 12.2. The summed E-state index contributed by atoms with van der Waals surface area (Å²) in [4.78, 5) is 12.1. The van der Waals surface area contributed by atoms with Crippen molar-refractivity contribution in [1.82, 2.24) is 0 Å². The summed E-state index contributed by atoms with van der Waals surface area (Å²) < 4.78 is 0.834. The van der Waals surface area contributed by atoms with Crippen molar-refractivity contribution < 1.29 is 4.79 Å². The van der Waals surface area contributed by atoms with E-state index in [1.54, 1.807) is 6.07 Å². The first-order valence-electron chi connectivity index (χ1n) is 6.34. The average Bonchev–Trinajstić information content (AvgIpc) is 2.35. The summed E-state index contributed by atoms with van der Waals surface area (Å²) in [7, 11) is 0. The van der Waals surface area contributed by atoms with Crippen LogP contribution in [0.1, 0.15) is 39.5 Å². The van der Waals surface area contributed by atoms with Gasteiger partial charge in [0.05, 0.1) is 5.02 Å². The van der Waals surface area contributed by atoms with Gasteiger partial charge in [0.15, 0.2) is 0 Å². The zero-order valence-electron chi connectivity index (χ0n) is 10.8. The molecule has 1 N–H and O–H groups in total. The monoisotopic (exact) mass is 331 g/mol. The molecule has 18 heavy (non-hydrogen) atoms. The summed E-state index contributed by atoms with van der Waals surface area (Å²) in [5, 5.41) is 3.53. The number of carbonyl (C=O) groups is 1. The Morgan fingerprint density at radius 3 is 2.72 bits per heavy atom. The van der Waals surface area contributed by atoms with Crippen LogP contribution in [0.2, 0.25) is 5.02 Å². The number of anilines is 1. The van der Waals surface area contributed by atoms with Gasteiger partial charge in [-0.2, -0.15) is 0 Å². The second-order valence-corrected chi connectivity index (χ2v) is 5.63. The summed E-state index contributed by atoms with van der Waals surface area (Å²) >= 11 is 9.32. The van der Waals surface area contributed by atoms with E-state index in [0.717, 1.165) is 35.8 Å². The van der Waals surface area contributed by atoms with E-state index in [-0.39, 0.29) is 11.8 Å². The lowest BCUT2D eigenvalue weighted by Gasteiger charge is -2.14. The molecule has 0 radical (unpaired) electrons. The van der Waals surface area contributed by atoms with Crippen LogP contribution in [0.5, 0.6) is 0 Å². The first kappa shape index (κ1) is 15.5. The van der Waals surface area contributed by atoms with E-state index in [9.17, 15) is 4.79 Å². The van der Waals surface area contributed by atoms with E-state index in [0.29, 0.717) is 5.02 Å². The number of carbonyl (C=O) groups excluding carboxylic acids is 1. The maximum Gasteiger partial charge on any atom is 0.227 e. The van der Waals surface area contributed by atoms with Crippen molar-refractivity contribution in [2.75, 3.05) is 5.32 Å². The Bertz CT molecular complexity index is 409. The van der Waals surface area contributed by atoms with E-state index in [1.165, 1.54) is 0 Å². The maximum absolute atomic E-state index is 12.1. The highest BCUT2D eigenvalue weighted by molar-refractivity contribution is 9.10. The fourth-order valence-electron chi connectivity index (χ4n) is 1.79. The Hall–Kier alpha value is -0.540. The van der Waals surface area contributed by atoms with Gasteiger partial charge in [0.1, 0.15) is 0 Å². The molecule has 0 bridgehead atoms. The first-order chi connectivity index (χ1) is 8.58. The number of nitrogens with one attached hydrogen (secondary N) is 1. The maximum atomic E-state index is 12.1. The molecule has 0 fully saturated rings. The van der Waals surface area contributed by atoms with E-state index >= 15 is 0 Å². The summed E-state index contributed by atoms with van der Waals surface area (Å²) in [5.74, 6) is 0.178. The molecule has 0 aliphatic carbocycles. The van der Waals surface area contributed by atoms with Gasteiger partial charge < -0.3 is 5.32 Å². The lowest BCUT2D eigenvalue weighted by Crippen LogP contribution is -2.22. The molecule has 1 rings (SSSR count). The Balaban J connectivity index is 2.64. The molecule has 100 valence electrons. The molecular formula is C14H19BrClNO. The predicted octanol–water partition coefficient (Wildman–Crippen LogP) is 5.26. The van der Waals surface area contributed by atoms with Gasteiger partial charge in [0.2, 0.25) is 5.91 Å². The topological polar surface area (TPSA) is 29.1 Å². The van der Waals surface area contributed by atoms with Gasteiger partial charge in [-0.3, -0.25) is 4.79 Å². The van der Waals surface area contributed by atoms with Crippen molar-refractivity contribution in [3.05, 3.63) is 27.7 Å². The van der Waals surface area contributed by atoms with Crippen LogP contribution in [0.3, 0.4) is 0 Å². The third-order valence-corrected chi connectivity index (χ3v) is 4.19. The van der Waals surface area contributed by atoms with Crippen LogP contribution in [-0.2, 0) is 4.79 Å². The highest BCUT2D eigenvalue weighted by Gasteiger charge is 2.16. The molecule has 1 aromatic rings. The van der Waals surface area contributed by atoms with E-state index in [1.807, 2.05) is 12.1 Å². The van der Waals surface area contributed by atoms with Crippen LogP contribution < -0.4 is 5.32 Å². The second kappa shape index (κ2) is 7.80. The molecule has 0 saturated heterocycles. The zero-order valence-corrected chi connectivity index (χ0v) is 13.1. The van der Waals surface area contributed by atoms with Crippen LogP contribution in [0, 0.1) is 5.92 Å². The average molecular weight is 333 g/mol. The van der Waals surface area contributed by atoms with Gasteiger partial charge in [-0.25, -0.2) is 0 Å². The fraction of sp³-hybridized carbons (Fsp3) is 0.500. The smallest absolute Gasteiger partial charge is 0.227 e. The Morgan fingerprint density at radius 1 is 1.44 bits per heavy atom. The van der Waals surface area contributed by atoms with Crippen molar-refractivity contribution in [2.45, 2.75) is 39.5 Å². The number of rotatable bonds is 6. The Kier molecular flexibility index (Phi) is 6.72. The molecule has 0 aliphatic rings. The third kappa shape index (κ3) is 4.62. The van der Waals surface area contributed by atoms with E-state index in [4.69, 9.17) is 11.6 Å².